The van der Waals surface area contributed by atoms with Crippen LogP contribution in [0.1, 0.15) is 24.0 Å². The maximum Gasteiger partial charge on any atom is 0.241 e. The average Bonchev–Trinajstić information content (AvgIpc) is 3.15. The number of hydrogen-bond donors (Lipinski definition) is 1. The molecule has 3 rings (SSSR count). The summed E-state index contributed by atoms with van der Waals surface area (Å²) in [6.45, 7) is 3.69. The fraction of sp³-hybridized carbons (Fsp3) is 0.412. The Bertz CT molecular complexity index is 699. The summed E-state index contributed by atoms with van der Waals surface area (Å²) in [7, 11) is 0. The molecule has 2 amide bonds. The van der Waals surface area contributed by atoms with Crippen molar-refractivity contribution in [1.29, 1.82) is 0 Å². The van der Waals surface area contributed by atoms with Crippen LogP contribution in [0.5, 0.6) is 0 Å². The third kappa shape index (κ3) is 3.13. The zero-order valence-electron chi connectivity index (χ0n) is 12.7. The predicted octanol–water partition coefficient (Wildman–Crippen LogP) is 2.02. The van der Waals surface area contributed by atoms with Crippen molar-refractivity contribution in [2.24, 2.45) is 0 Å². The van der Waals surface area contributed by atoms with E-state index in [1.807, 2.05) is 25.1 Å². The van der Waals surface area contributed by atoms with Gasteiger partial charge in [-0.2, -0.15) is 0 Å². The van der Waals surface area contributed by atoms with E-state index < -0.39 is 0 Å². The molecule has 2 heterocycles. The molecule has 1 N–H and O–H groups in total. The Kier molecular flexibility index (Phi) is 4.13. The van der Waals surface area contributed by atoms with Gasteiger partial charge < -0.3 is 14.6 Å². The second-order valence-corrected chi connectivity index (χ2v) is 5.80. The van der Waals surface area contributed by atoms with E-state index in [0.29, 0.717) is 0 Å². The molecule has 22 heavy (non-hydrogen) atoms. The maximum absolute atomic E-state index is 12.0. The molecule has 0 spiro atoms. The fourth-order valence-corrected chi connectivity index (χ4v) is 2.82. The lowest BCUT2D eigenvalue weighted by atomic mass is 10.1. The van der Waals surface area contributed by atoms with Gasteiger partial charge in [-0.1, -0.05) is 12.1 Å². The van der Waals surface area contributed by atoms with Crippen LogP contribution in [0.2, 0.25) is 0 Å². The monoisotopic (exact) mass is 300 g/mol. The van der Waals surface area contributed by atoms with E-state index in [0.717, 1.165) is 48.0 Å². The quantitative estimate of drug-likeness (QED) is 0.939. The van der Waals surface area contributed by atoms with Gasteiger partial charge in [-0.15, -0.1) is 0 Å². The van der Waals surface area contributed by atoms with Crippen molar-refractivity contribution in [3.8, 4) is 0 Å². The third-order valence-electron chi connectivity index (χ3n) is 4.06. The van der Waals surface area contributed by atoms with Crippen LogP contribution in [0.3, 0.4) is 0 Å². The van der Waals surface area contributed by atoms with Crippen LogP contribution in [0.15, 0.2) is 28.9 Å². The smallest absolute Gasteiger partial charge is 0.241 e. The van der Waals surface area contributed by atoms with E-state index in [1.54, 1.807) is 11.2 Å². The van der Waals surface area contributed by atoms with Crippen molar-refractivity contribution in [2.75, 3.05) is 19.6 Å². The van der Waals surface area contributed by atoms with Crippen molar-refractivity contribution < 1.29 is 14.0 Å². The first-order valence-electron chi connectivity index (χ1n) is 7.65. The lowest BCUT2D eigenvalue weighted by molar-refractivity contribution is -0.131. The number of carbonyl (C=O) groups excluding carboxylic acids is 2. The minimum absolute atomic E-state index is 0.00136. The van der Waals surface area contributed by atoms with Crippen molar-refractivity contribution in [3.05, 3.63) is 35.6 Å². The SMILES string of the molecule is Cc1ccc2c(CC(=O)NCC(=O)N3CCCC3)coc2c1. The molecule has 0 aliphatic carbocycles. The number of nitrogens with zero attached hydrogens (tertiary/aromatic N) is 1. The minimum atomic E-state index is -0.157. The van der Waals surface area contributed by atoms with E-state index in [9.17, 15) is 9.59 Å². The number of aryl methyl sites for hydroxylation is 1. The van der Waals surface area contributed by atoms with Crippen LogP contribution in [0.25, 0.3) is 11.0 Å². The summed E-state index contributed by atoms with van der Waals surface area (Å²) < 4.78 is 5.48. The maximum atomic E-state index is 12.0. The van der Waals surface area contributed by atoms with Gasteiger partial charge in [-0.05, 0) is 31.4 Å². The van der Waals surface area contributed by atoms with Gasteiger partial charge in [0.25, 0.3) is 0 Å². The number of nitrogens with one attached hydrogen (secondary N) is 1. The topological polar surface area (TPSA) is 62.6 Å². The zero-order chi connectivity index (χ0) is 15.5. The molecule has 1 aliphatic rings. The van der Waals surface area contributed by atoms with Crippen LogP contribution in [0, 0.1) is 6.92 Å². The van der Waals surface area contributed by atoms with Gasteiger partial charge in [0.05, 0.1) is 19.2 Å². The van der Waals surface area contributed by atoms with E-state index in [4.69, 9.17) is 4.42 Å². The number of likely N-dealkylation sites (tertiary alicyclic amines) is 1. The molecule has 1 aliphatic heterocycles. The largest absolute Gasteiger partial charge is 0.464 e. The van der Waals surface area contributed by atoms with Gasteiger partial charge in [0.15, 0.2) is 0 Å². The molecule has 1 saturated heterocycles. The summed E-state index contributed by atoms with van der Waals surface area (Å²) >= 11 is 0. The highest BCUT2D eigenvalue weighted by molar-refractivity contribution is 5.90. The second-order valence-electron chi connectivity index (χ2n) is 5.80. The van der Waals surface area contributed by atoms with E-state index in [2.05, 4.69) is 5.32 Å². The summed E-state index contributed by atoms with van der Waals surface area (Å²) in [6, 6.07) is 5.91. The number of fused-ring (bicyclic) bond motifs is 1. The number of benzene rings is 1. The Balaban J connectivity index is 1.57. The normalized spacial score (nSPS) is 14.5. The van der Waals surface area contributed by atoms with Crippen LogP contribution < -0.4 is 5.32 Å². The Labute approximate surface area is 129 Å². The molecule has 0 bridgehead atoms. The summed E-state index contributed by atoms with van der Waals surface area (Å²) in [5, 5.41) is 3.65. The molecule has 2 aromatic rings. The molecular weight excluding hydrogens is 280 g/mol. The van der Waals surface area contributed by atoms with Crippen LogP contribution in [0.4, 0.5) is 0 Å². The van der Waals surface area contributed by atoms with Gasteiger partial charge in [0.2, 0.25) is 11.8 Å². The van der Waals surface area contributed by atoms with E-state index >= 15 is 0 Å². The highest BCUT2D eigenvalue weighted by Gasteiger charge is 2.18. The molecule has 0 atom stereocenters. The highest BCUT2D eigenvalue weighted by atomic mass is 16.3. The summed E-state index contributed by atoms with van der Waals surface area (Å²) in [4.78, 5) is 25.7. The Morgan fingerprint density at radius 2 is 2.05 bits per heavy atom. The van der Waals surface area contributed by atoms with Crippen LogP contribution in [-0.4, -0.2) is 36.3 Å². The third-order valence-corrected chi connectivity index (χ3v) is 4.06. The molecule has 5 heteroatoms. The zero-order valence-corrected chi connectivity index (χ0v) is 12.7. The number of rotatable bonds is 4. The molecule has 5 nitrogen and oxygen atoms in total. The first-order valence-corrected chi connectivity index (χ1v) is 7.65. The molecule has 1 aromatic heterocycles. The van der Waals surface area contributed by atoms with Gasteiger partial charge in [0.1, 0.15) is 5.58 Å². The van der Waals surface area contributed by atoms with Crippen molar-refractivity contribution in [2.45, 2.75) is 26.2 Å². The molecule has 0 unspecified atom stereocenters. The summed E-state index contributed by atoms with van der Waals surface area (Å²) in [5.74, 6) is -0.158. The predicted molar refractivity (Wildman–Crippen MR) is 83.5 cm³/mol. The van der Waals surface area contributed by atoms with Gasteiger partial charge in [0, 0.05) is 24.0 Å². The minimum Gasteiger partial charge on any atom is -0.464 e. The Hall–Kier alpha value is -2.30. The van der Waals surface area contributed by atoms with Gasteiger partial charge >= 0.3 is 0 Å². The van der Waals surface area contributed by atoms with Crippen LogP contribution in [-0.2, 0) is 16.0 Å². The standard InChI is InChI=1S/C17H20N2O3/c1-12-4-5-14-13(11-22-15(14)8-12)9-16(20)18-10-17(21)19-6-2-3-7-19/h4-5,8,11H,2-3,6-7,9-10H2,1H3,(H,18,20). The van der Waals surface area contributed by atoms with Crippen LogP contribution >= 0.6 is 0 Å². The first kappa shape index (κ1) is 14.6. The molecule has 0 saturated carbocycles. The number of furan rings is 1. The molecule has 116 valence electrons. The van der Waals surface area contributed by atoms with E-state index in [-0.39, 0.29) is 24.8 Å². The summed E-state index contributed by atoms with van der Waals surface area (Å²) in [5.41, 5.74) is 2.76. The van der Waals surface area contributed by atoms with Crippen molar-refractivity contribution in [3.63, 3.8) is 0 Å². The van der Waals surface area contributed by atoms with Crippen molar-refractivity contribution in [1.82, 2.24) is 10.2 Å². The Morgan fingerprint density at radius 3 is 2.82 bits per heavy atom. The number of amides is 2. The molecule has 1 fully saturated rings. The highest BCUT2D eigenvalue weighted by Crippen LogP contribution is 2.22. The molecule has 0 radical (unpaired) electrons. The van der Waals surface area contributed by atoms with Gasteiger partial charge in [-0.3, -0.25) is 9.59 Å². The first-order chi connectivity index (χ1) is 10.6. The van der Waals surface area contributed by atoms with E-state index in [1.165, 1.54) is 0 Å². The Morgan fingerprint density at radius 1 is 1.27 bits per heavy atom. The molecular formula is C17H20N2O3. The van der Waals surface area contributed by atoms with Gasteiger partial charge in [-0.25, -0.2) is 0 Å². The lowest BCUT2D eigenvalue weighted by Crippen LogP contribution is -2.39. The average molecular weight is 300 g/mol. The van der Waals surface area contributed by atoms with Crippen molar-refractivity contribution >= 4 is 22.8 Å². The number of carbonyl (C=O) groups is 2. The second kappa shape index (κ2) is 6.22. The summed E-state index contributed by atoms with van der Waals surface area (Å²) in [6.07, 6.45) is 3.95. The lowest BCUT2D eigenvalue weighted by Gasteiger charge is -2.15. The number of hydrogen-bond acceptors (Lipinski definition) is 3. The fourth-order valence-electron chi connectivity index (χ4n) is 2.82. The molecule has 1 aromatic carbocycles.